The molecule has 0 atom stereocenters. The third kappa shape index (κ3) is 2.04. The molecule has 2 fully saturated rings. The number of hydrogen-bond donors (Lipinski definition) is 1. The molecule has 106 valence electrons. The van der Waals surface area contributed by atoms with Crippen LogP contribution in [0.3, 0.4) is 0 Å². The van der Waals surface area contributed by atoms with E-state index in [-0.39, 0.29) is 18.4 Å². The second kappa shape index (κ2) is 4.88. The van der Waals surface area contributed by atoms with Crippen LogP contribution >= 0.6 is 15.9 Å². The minimum atomic E-state index is -0.668. The predicted molar refractivity (Wildman–Crippen MR) is 80.6 cm³/mol. The Morgan fingerprint density at radius 1 is 1.25 bits per heavy atom. The van der Waals surface area contributed by atoms with Gasteiger partial charge in [0.25, 0.3) is 5.91 Å². The lowest BCUT2D eigenvalue weighted by Gasteiger charge is -2.40. The first-order valence-electron chi connectivity index (χ1n) is 6.92. The molecule has 0 aromatic heterocycles. The molecule has 1 saturated heterocycles. The highest BCUT2D eigenvalue weighted by Gasteiger charge is 2.48. The van der Waals surface area contributed by atoms with Crippen LogP contribution in [0.1, 0.15) is 31.2 Å². The van der Waals surface area contributed by atoms with Gasteiger partial charge in [0.05, 0.1) is 5.69 Å². The lowest BCUT2D eigenvalue weighted by molar-refractivity contribution is -0.135. The van der Waals surface area contributed by atoms with Crippen molar-refractivity contribution in [2.45, 2.75) is 38.1 Å². The molecule has 3 rings (SSSR count). The van der Waals surface area contributed by atoms with Crippen molar-refractivity contribution < 1.29 is 9.59 Å². The van der Waals surface area contributed by atoms with Crippen molar-refractivity contribution in [2.24, 2.45) is 0 Å². The molecule has 1 aliphatic heterocycles. The van der Waals surface area contributed by atoms with Crippen molar-refractivity contribution in [1.29, 1.82) is 0 Å². The highest BCUT2D eigenvalue weighted by atomic mass is 79.9. The van der Waals surface area contributed by atoms with Crippen LogP contribution in [0, 0.1) is 6.92 Å². The van der Waals surface area contributed by atoms with Gasteiger partial charge in [-0.05, 0) is 47.3 Å². The molecule has 1 N–H and O–H groups in total. The molecule has 2 aliphatic rings. The van der Waals surface area contributed by atoms with E-state index in [4.69, 9.17) is 0 Å². The Morgan fingerprint density at radius 2 is 1.95 bits per heavy atom. The quantitative estimate of drug-likeness (QED) is 0.856. The Labute approximate surface area is 126 Å². The molecule has 1 heterocycles. The monoisotopic (exact) mass is 336 g/mol. The van der Waals surface area contributed by atoms with Gasteiger partial charge >= 0.3 is 0 Å². The topological polar surface area (TPSA) is 49.4 Å². The van der Waals surface area contributed by atoms with Gasteiger partial charge in [0, 0.05) is 4.47 Å². The van der Waals surface area contributed by atoms with Crippen LogP contribution in [0.25, 0.3) is 0 Å². The van der Waals surface area contributed by atoms with Crippen molar-refractivity contribution in [3.8, 4) is 0 Å². The summed E-state index contributed by atoms with van der Waals surface area (Å²) in [6.45, 7) is 2.08. The van der Waals surface area contributed by atoms with Crippen LogP contribution in [0.15, 0.2) is 22.7 Å². The van der Waals surface area contributed by atoms with Gasteiger partial charge in [-0.3, -0.25) is 14.5 Å². The maximum Gasteiger partial charge on any atom is 0.253 e. The van der Waals surface area contributed by atoms with Crippen LogP contribution in [-0.4, -0.2) is 23.9 Å². The summed E-state index contributed by atoms with van der Waals surface area (Å²) in [5.41, 5.74) is 1.18. The summed E-state index contributed by atoms with van der Waals surface area (Å²) in [7, 11) is 0. The van der Waals surface area contributed by atoms with E-state index in [1.807, 2.05) is 25.1 Å². The molecule has 5 heteroatoms. The molecule has 1 spiro atoms. The van der Waals surface area contributed by atoms with Gasteiger partial charge in [0.2, 0.25) is 5.91 Å². The molecule has 1 saturated carbocycles. The number of nitrogens with zero attached hydrogens (tertiary/aromatic N) is 1. The Bertz CT molecular complexity index is 579. The van der Waals surface area contributed by atoms with Crippen LogP contribution in [0.4, 0.5) is 5.69 Å². The SMILES string of the molecule is Cc1cccc(N2CC(=O)NC3(CCCC3)C2=O)c1Br. The molecule has 1 aliphatic carbocycles. The summed E-state index contributed by atoms with van der Waals surface area (Å²) in [6.07, 6.45) is 3.48. The molecular formula is C15H17BrN2O2. The van der Waals surface area contributed by atoms with Crippen molar-refractivity contribution >= 4 is 33.4 Å². The number of rotatable bonds is 1. The lowest BCUT2D eigenvalue weighted by atomic mass is 9.92. The number of anilines is 1. The Morgan fingerprint density at radius 3 is 2.65 bits per heavy atom. The van der Waals surface area contributed by atoms with E-state index in [2.05, 4.69) is 21.2 Å². The largest absolute Gasteiger partial charge is 0.340 e. The molecule has 1 aromatic carbocycles. The van der Waals surface area contributed by atoms with E-state index in [1.165, 1.54) is 0 Å². The minimum absolute atomic E-state index is 0.0286. The standard InChI is InChI=1S/C15H17BrN2O2/c1-10-5-4-6-11(13(10)16)18-9-12(19)17-15(14(18)20)7-2-3-8-15/h4-6H,2-3,7-9H2,1H3,(H,17,19). The Kier molecular flexibility index (Phi) is 3.32. The summed E-state index contributed by atoms with van der Waals surface area (Å²) in [5.74, 6) is -0.0409. The molecule has 2 amide bonds. The van der Waals surface area contributed by atoms with Gasteiger partial charge < -0.3 is 5.32 Å². The first-order chi connectivity index (χ1) is 9.53. The number of carbonyl (C=O) groups excluding carboxylic acids is 2. The zero-order valence-corrected chi connectivity index (χ0v) is 13.0. The van der Waals surface area contributed by atoms with E-state index in [0.717, 1.165) is 41.4 Å². The van der Waals surface area contributed by atoms with Gasteiger partial charge in [0.1, 0.15) is 12.1 Å². The minimum Gasteiger partial charge on any atom is -0.340 e. The lowest BCUT2D eigenvalue weighted by Crippen LogP contribution is -2.65. The molecule has 0 unspecified atom stereocenters. The van der Waals surface area contributed by atoms with E-state index in [9.17, 15) is 9.59 Å². The maximum absolute atomic E-state index is 12.8. The van der Waals surface area contributed by atoms with E-state index in [0.29, 0.717) is 0 Å². The molecule has 0 bridgehead atoms. The number of nitrogens with one attached hydrogen (secondary N) is 1. The summed E-state index contributed by atoms with van der Waals surface area (Å²) in [4.78, 5) is 26.5. The average Bonchev–Trinajstić information content (AvgIpc) is 2.87. The molecule has 4 nitrogen and oxygen atoms in total. The summed E-state index contributed by atoms with van der Waals surface area (Å²) in [5, 5.41) is 2.93. The fourth-order valence-corrected chi connectivity index (χ4v) is 3.66. The van der Waals surface area contributed by atoms with Crippen LogP contribution < -0.4 is 10.2 Å². The van der Waals surface area contributed by atoms with Crippen molar-refractivity contribution in [3.63, 3.8) is 0 Å². The first kappa shape index (κ1) is 13.6. The van der Waals surface area contributed by atoms with Gasteiger partial charge in [-0.25, -0.2) is 0 Å². The summed E-state index contributed by atoms with van der Waals surface area (Å²) in [6, 6.07) is 5.78. The number of hydrogen-bond acceptors (Lipinski definition) is 2. The molecular weight excluding hydrogens is 320 g/mol. The van der Waals surface area contributed by atoms with Gasteiger partial charge in [0.15, 0.2) is 0 Å². The summed E-state index contributed by atoms with van der Waals surface area (Å²) < 4.78 is 0.885. The fourth-order valence-electron chi connectivity index (χ4n) is 3.19. The van der Waals surface area contributed by atoms with Crippen LogP contribution in [-0.2, 0) is 9.59 Å². The third-order valence-corrected chi connectivity index (χ3v) is 5.29. The van der Waals surface area contributed by atoms with E-state index >= 15 is 0 Å². The number of aryl methyl sites for hydroxylation is 1. The zero-order chi connectivity index (χ0) is 14.3. The van der Waals surface area contributed by atoms with Crippen LogP contribution in [0.2, 0.25) is 0 Å². The number of benzene rings is 1. The number of piperazine rings is 1. The fraction of sp³-hybridized carbons (Fsp3) is 0.467. The highest BCUT2D eigenvalue weighted by Crippen LogP contribution is 2.37. The van der Waals surface area contributed by atoms with Gasteiger partial charge in [-0.15, -0.1) is 0 Å². The zero-order valence-electron chi connectivity index (χ0n) is 11.4. The second-order valence-corrected chi connectivity index (χ2v) is 6.43. The first-order valence-corrected chi connectivity index (χ1v) is 7.71. The van der Waals surface area contributed by atoms with Crippen molar-refractivity contribution in [2.75, 3.05) is 11.4 Å². The Balaban J connectivity index is 2.02. The predicted octanol–water partition coefficient (Wildman–Crippen LogP) is 2.53. The summed E-state index contributed by atoms with van der Waals surface area (Å²) >= 11 is 3.53. The molecule has 1 aromatic rings. The average molecular weight is 337 g/mol. The van der Waals surface area contributed by atoms with Crippen molar-refractivity contribution in [1.82, 2.24) is 5.32 Å². The van der Waals surface area contributed by atoms with E-state index in [1.54, 1.807) is 4.90 Å². The normalized spacial score (nSPS) is 21.4. The number of amides is 2. The molecule has 20 heavy (non-hydrogen) atoms. The van der Waals surface area contributed by atoms with Gasteiger partial charge in [-0.1, -0.05) is 25.0 Å². The Hall–Kier alpha value is -1.36. The maximum atomic E-state index is 12.8. The van der Waals surface area contributed by atoms with Gasteiger partial charge in [-0.2, -0.15) is 0 Å². The second-order valence-electron chi connectivity index (χ2n) is 5.64. The smallest absolute Gasteiger partial charge is 0.253 e. The number of carbonyl (C=O) groups is 2. The third-order valence-electron chi connectivity index (χ3n) is 4.25. The highest BCUT2D eigenvalue weighted by molar-refractivity contribution is 9.10. The number of halogens is 1. The van der Waals surface area contributed by atoms with Crippen LogP contribution in [0.5, 0.6) is 0 Å². The molecule has 0 radical (unpaired) electrons. The van der Waals surface area contributed by atoms with Crippen molar-refractivity contribution in [3.05, 3.63) is 28.2 Å². The van der Waals surface area contributed by atoms with E-state index < -0.39 is 5.54 Å².